The zero-order valence-electron chi connectivity index (χ0n) is 16.4. The van der Waals surface area contributed by atoms with E-state index in [2.05, 4.69) is 55.1 Å². The average Bonchev–Trinajstić information content (AvgIpc) is 2.53. The maximum absolute atomic E-state index is 13.1. The van der Waals surface area contributed by atoms with Crippen LogP contribution in [0.15, 0.2) is 0 Å². The van der Waals surface area contributed by atoms with Crippen molar-refractivity contribution in [3.8, 4) is 0 Å². The van der Waals surface area contributed by atoms with Gasteiger partial charge in [0.05, 0.1) is 5.41 Å². The molecule has 0 saturated carbocycles. The smallest absolute Gasteiger partial charge is 0.227 e. The van der Waals surface area contributed by atoms with E-state index in [1.165, 1.54) is 0 Å². The molecule has 5 nitrogen and oxygen atoms in total. The Kier molecular flexibility index (Phi) is 7.08. The lowest BCUT2D eigenvalue weighted by atomic mass is 9.76. The van der Waals surface area contributed by atoms with Gasteiger partial charge in [-0.2, -0.15) is 0 Å². The van der Waals surface area contributed by atoms with Gasteiger partial charge in [-0.15, -0.1) is 0 Å². The summed E-state index contributed by atoms with van der Waals surface area (Å²) < 4.78 is 0. The van der Waals surface area contributed by atoms with Gasteiger partial charge >= 0.3 is 0 Å². The molecule has 2 rings (SSSR count). The summed E-state index contributed by atoms with van der Waals surface area (Å²) in [7, 11) is 0. The lowest BCUT2D eigenvalue weighted by Gasteiger charge is -2.45. The van der Waals surface area contributed by atoms with Gasteiger partial charge in [-0.05, 0) is 52.6 Å². The number of piperidine rings is 1. The average molecular weight is 339 g/mol. The molecular formula is C19H38N4O. The summed E-state index contributed by atoms with van der Waals surface area (Å²) in [4.78, 5) is 18.1. The molecule has 2 N–H and O–H groups in total. The van der Waals surface area contributed by atoms with E-state index in [-0.39, 0.29) is 11.3 Å². The number of likely N-dealkylation sites (tertiary alicyclic amines) is 1. The molecule has 2 fully saturated rings. The van der Waals surface area contributed by atoms with Crippen molar-refractivity contribution in [3.05, 3.63) is 0 Å². The van der Waals surface area contributed by atoms with E-state index in [0.717, 1.165) is 58.7 Å². The second-order valence-electron chi connectivity index (χ2n) is 8.60. The van der Waals surface area contributed by atoms with Crippen LogP contribution >= 0.6 is 0 Å². The number of nitrogens with one attached hydrogen (secondary N) is 2. The Labute approximate surface area is 148 Å². The molecule has 2 aliphatic heterocycles. The summed E-state index contributed by atoms with van der Waals surface area (Å²) in [6.07, 6.45) is 1.96. The highest BCUT2D eigenvalue weighted by molar-refractivity contribution is 5.83. The van der Waals surface area contributed by atoms with Crippen molar-refractivity contribution >= 4 is 5.91 Å². The van der Waals surface area contributed by atoms with Gasteiger partial charge < -0.3 is 15.5 Å². The van der Waals surface area contributed by atoms with E-state index < -0.39 is 0 Å². The summed E-state index contributed by atoms with van der Waals surface area (Å²) in [5.74, 6) is 0.784. The number of carbonyl (C=O) groups is 1. The maximum atomic E-state index is 13.1. The van der Waals surface area contributed by atoms with E-state index in [4.69, 9.17) is 0 Å². The fraction of sp³-hybridized carbons (Fsp3) is 0.947. The van der Waals surface area contributed by atoms with Crippen LogP contribution in [0, 0.1) is 11.3 Å². The van der Waals surface area contributed by atoms with Gasteiger partial charge in [0.2, 0.25) is 5.91 Å². The fourth-order valence-electron chi connectivity index (χ4n) is 3.99. The molecule has 0 aromatic rings. The third kappa shape index (κ3) is 5.17. The van der Waals surface area contributed by atoms with Crippen LogP contribution in [0.25, 0.3) is 0 Å². The van der Waals surface area contributed by atoms with Crippen LogP contribution in [0.5, 0.6) is 0 Å². The Hall–Kier alpha value is -0.650. The number of nitrogens with zero attached hydrogens (tertiary/aromatic N) is 2. The molecular weight excluding hydrogens is 300 g/mol. The van der Waals surface area contributed by atoms with Crippen LogP contribution in [0.3, 0.4) is 0 Å². The number of hydrogen-bond donors (Lipinski definition) is 2. The van der Waals surface area contributed by atoms with Gasteiger partial charge in [-0.1, -0.05) is 13.8 Å². The van der Waals surface area contributed by atoms with Crippen molar-refractivity contribution in [2.24, 2.45) is 11.3 Å². The summed E-state index contributed by atoms with van der Waals surface area (Å²) in [6.45, 7) is 18.0. The zero-order chi connectivity index (χ0) is 17.7. The van der Waals surface area contributed by atoms with E-state index in [9.17, 15) is 4.79 Å². The molecule has 2 aliphatic rings. The molecule has 5 heteroatoms. The third-order valence-electron chi connectivity index (χ3n) is 5.62. The van der Waals surface area contributed by atoms with Crippen molar-refractivity contribution in [1.82, 2.24) is 20.4 Å². The first-order valence-corrected chi connectivity index (χ1v) is 9.80. The molecule has 0 radical (unpaired) electrons. The number of amides is 1. The largest absolute Gasteiger partial charge is 0.355 e. The minimum absolute atomic E-state index is 0.211. The highest BCUT2D eigenvalue weighted by atomic mass is 16.2. The lowest BCUT2D eigenvalue weighted by Crippen LogP contribution is -2.58. The van der Waals surface area contributed by atoms with Gasteiger partial charge in [0, 0.05) is 44.8 Å². The summed E-state index contributed by atoms with van der Waals surface area (Å²) >= 11 is 0. The monoisotopic (exact) mass is 338 g/mol. The summed E-state index contributed by atoms with van der Waals surface area (Å²) in [5.41, 5.74) is -0.211. The quantitative estimate of drug-likeness (QED) is 0.771. The van der Waals surface area contributed by atoms with Gasteiger partial charge in [0.25, 0.3) is 0 Å². The molecule has 0 aliphatic carbocycles. The van der Waals surface area contributed by atoms with E-state index in [1.807, 2.05) is 0 Å². The summed E-state index contributed by atoms with van der Waals surface area (Å²) in [5, 5.41) is 6.74. The lowest BCUT2D eigenvalue weighted by molar-refractivity contribution is -0.136. The summed E-state index contributed by atoms with van der Waals surface area (Å²) in [6, 6.07) is 1.09. The maximum Gasteiger partial charge on any atom is 0.227 e. The van der Waals surface area contributed by atoms with E-state index in [1.54, 1.807) is 0 Å². The van der Waals surface area contributed by atoms with Gasteiger partial charge in [0.15, 0.2) is 0 Å². The van der Waals surface area contributed by atoms with Crippen LogP contribution in [0.4, 0.5) is 0 Å². The molecule has 1 amide bonds. The SMILES string of the molecule is CC(C)CNC(=O)C1(CN2CCNC(C)C2)CCN(C(C)C)CC1. The van der Waals surface area contributed by atoms with Crippen LogP contribution in [-0.4, -0.2) is 73.6 Å². The van der Waals surface area contributed by atoms with Gasteiger partial charge in [-0.25, -0.2) is 0 Å². The number of carbonyl (C=O) groups excluding carboxylic acids is 1. The second kappa shape index (κ2) is 8.63. The third-order valence-corrected chi connectivity index (χ3v) is 5.62. The first kappa shape index (κ1) is 19.7. The van der Waals surface area contributed by atoms with Gasteiger partial charge in [0.1, 0.15) is 0 Å². The van der Waals surface area contributed by atoms with Crippen molar-refractivity contribution < 1.29 is 4.79 Å². The standard InChI is InChI=1S/C19H38N4O/c1-15(2)12-21-18(24)19(6-9-23(10-7-19)16(3)4)14-22-11-8-20-17(5)13-22/h15-17,20H,6-14H2,1-5H3,(H,21,24). The van der Waals surface area contributed by atoms with Crippen molar-refractivity contribution in [2.75, 3.05) is 45.8 Å². The fourth-order valence-corrected chi connectivity index (χ4v) is 3.99. The number of piperazine rings is 1. The van der Waals surface area contributed by atoms with Crippen LogP contribution in [0.2, 0.25) is 0 Å². The van der Waals surface area contributed by atoms with E-state index in [0.29, 0.717) is 18.0 Å². The number of rotatable bonds is 6. The molecule has 2 heterocycles. The number of hydrogen-bond acceptors (Lipinski definition) is 4. The Morgan fingerprint density at radius 1 is 1.21 bits per heavy atom. The Morgan fingerprint density at radius 2 is 1.88 bits per heavy atom. The highest BCUT2D eigenvalue weighted by Crippen LogP contribution is 2.34. The Bertz CT molecular complexity index is 402. The van der Waals surface area contributed by atoms with Crippen LogP contribution in [-0.2, 0) is 4.79 Å². The molecule has 1 unspecified atom stereocenters. The first-order valence-electron chi connectivity index (χ1n) is 9.80. The molecule has 1 atom stereocenters. The van der Waals surface area contributed by atoms with Crippen LogP contribution in [0.1, 0.15) is 47.5 Å². The predicted octanol–water partition coefficient (Wildman–Crippen LogP) is 1.54. The molecule has 140 valence electrons. The first-order chi connectivity index (χ1) is 11.3. The molecule has 0 aromatic heterocycles. The van der Waals surface area contributed by atoms with Crippen molar-refractivity contribution in [1.29, 1.82) is 0 Å². The van der Waals surface area contributed by atoms with Crippen molar-refractivity contribution in [2.45, 2.75) is 59.5 Å². The molecule has 0 aromatic carbocycles. The molecule has 0 spiro atoms. The van der Waals surface area contributed by atoms with E-state index >= 15 is 0 Å². The topological polar surface area (TPSA) is 47.6 Å². The normalized spacial score (nSPS) is 26.0. The minimum Gasteiger partial charge on any atom is -0.355 e. The van der Waals surface area contributed by atoms with Gasteiger partial charge in [-0.3, -0.25) is 9.69 Å². The highest BCUT2D eigenvalue weighted by Gasteiger charge is 2.43. The Morgan fingerprint density at radius 3 is 2.42 bits per heavy atom. The Balaban J connectivity index is 2.05. The van der Waals surface area contributed by atoms with Crippen LogP contribution < -0.4 is 10.6 Å². The molecule has 0 bridgehead atoms. The predicted molar refractivity (Wildman–Crippen MR) is 100 cm³/mol. The molecule has 2 saturated heterocycles. The molecule has 24 heavy (non-hydrogen) atoms. The minimum atomic E-state index is -0.211. The second-order valence-corrected chi connectivity index (χ2v) is 8.60. The van der Waals surface area contributed by atoms with Crippen molar-refractivity contribution in [3.63, 3.8) is 0 Å². The zero-order valence-corrected chi connectivity index (χ0v) is 16.4.